The molecule has 2 aromatic rings. The fourth-order valence-corrected chi connectivity index (χ4v) is 3.18. The molecule has 3 rings (SSSR count). The average Bonchev–Trinajstić information content (AvgIpc) is 3.00. The smallest absolute Gasteiger partial charge is 0.269 e. The number of ether oxygens (including phenoxy) is 1. The van der Waals surface area contributed by atoms with E-state index in [2.05, 4.69) is 14.9 Å². The second-order valence-electron chi connectivity index (χ2n) is 6.12. The van der Waals surface area contributed by atoms with Crippen molar-refractivity contribution in [3.05, 3.63) is 45.5 Å². The van der Waals surface area contributed by atoms with E-state index in [1.807, 2.05) is 9.25 Å². The zero-order valence-electron chi connectivity index (χ0n) is 14.7. The summed E-state index contributed by atoms with van der Waals surface area (Å²) in [6.07, 6.45) is 1.74. The van der Waals surface area contributed by atoms with E-state index in [0.29, 0.717) is 24.6 Å². The highest BCUT2D eigenvalue weighted by Gasteiger charge is 2.18. The number of methoxy groups -OCH3 is 1. The number of nitro groups is 1. The molecule has 9 nitrogen and oxygen atoms in total. The Morgan fingerprint density at radius 2 is 1.92 bits per heavy atom. The number of non-ortho nitro benzene ring substituents is 1. The lowest BCUT2D eigenvalue weighted by molar-refractivity contribution is -0.384. The Balaban J connectivity index is 1.55. The normalized spacial score (nSPS) is 15.3. The van der Waals surface area contributed by atoms with Crippen molar-refractivity contribution >= 4 is 23.6 Å². The van der Waals surface area contributed by atoms with Gasteiger partial charge in [0, 0.05) is 57.7 Å². The van der Waals surface area contributed by atoms with Gasteiger partial charge in [0.2, 0.25) is 0 Å². The number of benzene rings is 1. The quantitative estimate of drug-likeness (QED) is 0.412. The van der Waals surface area contributed by atoms with Crippen LogP contribution in [-0.4, -0.2) is 64.1 Å². The summed E-state index contributed by atoms with van der Waals surface area (Å²) < 4.78 is 9.51. The summed E-state index contributed by atoms with van der Waals surface area (Å²) in [7, 11) is 1.67. The molecule has 26 heavy (non-hydrogen) atoms. The van der Waals surface area contributed by atoms with Crippen LogP contribution in [0.2, 0.25) is 0 Å². The van der Waals surface area contributed by atoms with Crippen LogP contribution in [0.1, 0.15) is 0 Å². The van der Waals surface area contributed by atoms with Gasteiger partial charge in [0.25, 0.3) is 5.69 Å². The zero-order chi connectivity index (χ0) is 18.5. The van der Waals surface area contributed by atoms with E-state index in [1.165, 1.54) is 0 Å². The van der Waals surface area contributed by atoms with Crippen molar-refractivity contribution in [2.24, 2.45) is 0 Å². The van der Waals surface area contributed by atoms with Gasteiger partial charge in [-0.05, 0) is 24.4 Å². The molecule has 1 fully saturated rings. The van der Waals surface area contributed by atoms with Crippen molar-refractivity contribution in [2.45, 2.75) is 13.2 Å². The zero-order valence-corrected chi connectivity index (χ0v) is 15.5. The number of nitro benzene ring substituents is 1. The molecule has 0 atom stereocenters. The molecule has 0 bridgehead atoms. The van der Waals surface area contributed by atoms with E-state index in [0.717, 1.165) is 31.9 Å². The standard InChI is InChI=1S/C16H22N6O3S/c1-25-11-10-20-12-17-21(16(20)26)13-18-6-8-19(9-7-18)14-2-4-15(5-3-14)22(23)24/h2-5,12H,6-11,13H2,1H3. The molecule has 0 amide bonds. The van der Waals surface area contributed by atoms with E-state index in [4.69, 9.17) is 17.0 Å². The monoisotopic (exact) mass is 378 g/mol. The van der Waals surface area contributed by atoms with Crippen molar-refractivity contribution < 1.29 is 9.66 Å². The van der Waals surface area contributed by atoms with Crippen molar-refractivity contribution in [1.29, 1.82) is 0 Å². The minimum atomic E-state index is -0.378. The molecular formula is C16H22N6O3S. The highest BCUT2D eigenvalue weighted by Crippen LogP contribution is 2.20. The first-order valence-corrected chi connectivity index (χ1v) is 8.82. The molecule has 0 N–H and O–H groups in total. The Morgan fingerprint density at radius 3 is 2.54 bits per heavy atom. The maximum atomic E-state index is 10.8. The number of hydrogen-bond donors (Lipinski definition) is 0. The second-order valence-corrected chi connectivity index (χ2v) is 6.48. The number of nitrogens with zero attached hydrogens (tertiary/aromatic N) is 6. The summed E-state index contributed by atoms with van der Waals surface area (Å²) >= 11 is 5.46. The van der Waals surface area contributed by atoms with Gasteiger partial charge in [-0.15, -0.1) is 0 Å². The second kappa shape index (κ2) is 8.39. The first-order valence-electron chi connectivity index (χ1n) is 8.41. The summed E-state index contributed by atoms with van der Waals surface area (Å²) in [6.45, 7) is 5.43. The van der Waals surface area contributed by atoms with Gasteiger partial charge in [0.15, 0.2) is 4.77 Å². The lowest BCUT2D eigenvalue weighted by atomic mass is 10.2. The van der Waals surface area contributed by atoms with Gasteiger partial charge in [-0.1, -0.05) is 0 Å². The molecule has 1 saturated heterocycles. The third kappa shape index (κ3) is 4.26. The van der Waals surface area contributed by atoms with Gasteiger partial charge < -0.3 is 14.2 Å². The molecular weight excluding hydrogens is 356 g/mol. The topological polar surface area (TPSA) is 81.6 Å². The van der Waals surface area contributed by atoms with Crippen molar-refractivity contribution in [2.75, 3.05) is 44.8 Å². The van der Waals surface area contributed by atoms with Crippen LogP contribution in [0.4, 0.5) is 11.4 Å². The minimum Gasteiger partial charge on any atom is -0.383 e. The first kappa shape index (κ1) is 18.5. The van der Waals surface area contributed by atoms with Gasteiger partial charge in [0.1, 0.15) is 6.33 Å². The van der Waals surface area contributed by atoms with Crippen LogP contribution >= 0.6 is 12.2 Å². The van der Waals surface area contributed by atoms with Crippen molar-refractivity contribution in [1.82, 2.24) is 19.2 Å². The van der Waals surface area contributed by atoms with Crippen LogP contribution in [0.25, 0.3) is 0 Å². The van der Waals surface area contributed by atoms with Gasteiger partial charge in [-0.25, -0.2) is 4.68 Å². The van der Waals surface area contributed by atoms with Crippen LogP contribution in [0, 0.1) is 14.9 Å². The lowest BCUT2D eigenvalue weighted by Gasteiger charge is -2.35. The molecule has 1 aromatic heterocycles. The van der Waals surface area contributed by atoms with Crippen LogP contribution < -0.4 is 4.90 Å². The van der Waals surface area contributed by atoms with E-state index in [9.17, 15) is 10.1 Å². The van der Waals surface area contributed by atoms with E-state index >= 15 is 0 Å². The number of hydrogen-bond acceptors (Lipinski definition) is 7. The lowest BCUT2D eigenvalue weighted by Crippen LogP contribution is -2.47. The van der Waals surface area contributed by atoms with E-state index < -0.39 is 0 Å². The Bertz CT molecular complexity index is 795. The highest BCUT2D eigenvalue weighted by atomic mass is 32.1. The first-order chi connectivity index (χ1) is 12.6. The molecule has 1 aliphatic heterocycles. The predicted molar refractivity (Wildman–Crippen MR) is 99.8 cm³/mol. The maximum Gasteiger partial charge on any atom is 0.269 e. The SMILES string of the molecule is COCCn1cnn(CN2CCN(c3ccc([N+](=O)[O-])cc3)CC2)c1=S. The Hall–Kier alpha value is -2.30. The fourth-order valence-electron chi connectivity index (χ4n) is 2.93. The Labute approximate surface area is 156 Å². The number of rotatable bonds is 7. The van der Waals surface area contributed by atoms with E-state index in [1.54, 1.807) is 37.7 Å². The number of aromatic nitrogens is 3. The molecule has 0 aliphatic carbocycles. The molecule has 0 saturated carbocycles. The largest absolute Gasteiger partial charge is 0.383 e. The van der Waals surface area contributed by atoms with Gasteiger partial charge >= 0.3 is 0 Å². The Kier molecular flexibility index (Phi) is 5.96. The van der Waals surface area contributed by atoms with E-state index in [-0.39, 0.29) is 10.6 Å². The van der Waals surface area contributed by atoms with Crippen LogP contribution in [0.15, 0.2) is 30.6 Å². The van der Waals surface area contributed by atoms with Crippen LogP contribution in [-0.2, 0) is 18.0 Å². The highest BCUT2D eigenvalue weighted by molar-refractivity contribution is 7.71. The number of piperazine rings is 1. The van der Waals surface area contributed by atoms with Crippen molar-refractivity contribution in [3.8, 4) is 0 Å². The third-order valence-corrected chi connectivity index (χ3v) is 4.91. The molecule has 0 radical (unpaired) electrons. The molecule has 0 spiro atoms. The summed E-state index contributed by atoms with van der Waals surface area (Å²) in [4.78, 5) is 14.9. The maximum absolute atomic E-state index is 10.8. The van der Waals surface area contributed by atoms with Gasteiger partial charge in [-0.2, -0.15) is 5.10 Å². The molecule has 1 aromatic carbocycles. The summed E-state index contributed by atoms with van der Waals surface area (Å²) in [6, 6.07) is 6.71. The fraction of sp³-hybridized carbons (Fsp3) is 0.500. The molecule has 10 heteroatoms. The predicted octanol–water partition coefficient (Wildman–Crippen LogP) is 1.75. The summed E-state index contributed by atoms with van der Waals surface area (Å²) in [5.41, 5.74) is 1.13. The molecule has 1 aliphatic rings. The Morgan fingerprint density at radius 1 is 1.23 bits per heavy atom. The van der Waals surface area contributed by atoms with Gasteiger partial charge in [-0.3, -0.25) is 15.0 Å². The minimum absolute atomic E-state index is 0.117. The third-order valence-electron chi connectivity index (χ3n) is 4.47. The average molecular weight is 378 g/mol. The number of anilines is 1. The molecule has 0 unspecified atom stereocenters. The van der Waals surface area contributed by atoms with Gasteiger partial charge in [0.05, 0.1) is 18.2 Å². The summed E-state index contributed by atoms with van der Waals surface area (Å²) in [5.74, 6) is 0. The van der Waals surface area contributed by atoms with Crippen molar-refractivity contribution in [3.63, 3.8) is 0 Å². The van der Waals surface area contributed by atoms with Crippen LogP contribution in [0.3, 0.4) is 0 Å². The van der Waals surface area contributed by atoms with Crippen LogP contribution in [0.5, 0.6) is 0 Å². The molecule has 2 heterocycles. The summed E-state index contributed by atoms with van der Waals surface area (Å²) in [5, 5.41) is 15.1. The molecule has 140 valence electrons.